The van der Waals surface area contributed by atoms with Gasteiger partial charge in [-0.25, -0.2) is 0 Å². The second kappa shape index (κ2) is 5.38. The van der Waals surface area contributed by atoms with Gasteiger partial charge in [-0.3, -0.25) is 4.79 Å². The van der Waals surface area contributed by atoms with Crippen molar-refractivity contribution in [2.45, 2.75) is 18.9 Å². The largest absolute Gasteiger partial charge is 0.348 e. The Morgan fingerprint density at radius 2 is 2.29 bits per heavy atom. The lowest BCUT2D eigenvalue weighted by atomic mass is 10.1. The first kappa shape index (κ1) is 12.9. The van der Waals surface area contributed by atoms with Gasteiger partial charge in [-0.1, -0.05) is 27.5 Å². The van der Waals surface area contributed by atoms with Crippen molar-refractivity contribution in [3.05, 3.63) is 33.3 Å². The molecule has 1 fully saturated rings. The van der Waals surface area contributed by atoms with Gasteiger partial charge in [0.1, 0.15) is 0 Å². The Balaban J connectivity index is 2.08. The number of nitrogens with one attached hydrogen (secondary N) is 1. The highest BCUT2D eigenvalue weighted by Crippen LogP contribution is 2.32. The molecule has 1 atom stereocenters. The monoisotopic (exact) mass is 316 g/mol. The van der Waals surface area contributed by atoms with Gasteiger partial charge in [0.05, 0.1) is 10.6 Å². The van der Waals surface area contributed by atoms with Crippen molar-refractivity contribution < 1.29 is 4.79 Å². The van der Waals surface area contributed by atoms with Gasteiger partial charge in [-0.2, -0.15) is 0 Å². The molecule has 0 saturated heterocycles. The first-order chi connectivity index (χ1) is 8.11. The minimum absolute atomic E-state index is 0.0715. The molecule has 1 amide bonds. The Bertz CT molecular complexity index is 435. The van der Waals surface area contributed by atoms with Crippen LogP contribution in [0.3, 0.4) is 0 Å². The highest BCUT2D eigenvalue weighted by Gasteiger charge is 2.31. The Morgan fingerprint density at radius 3 is 2.82 bits per heavy atom. The smallest absolute Gasteiger partial charge is 0.253 e. The first-order valence-electron chi connectivity index (χ1n) is 5.58. The molecule has 5 heteroatoms. The van der Waals surface area contributed by atoms with Crippen molar-refractivity contribution in [3.63, 3.8) is 0 Å². The summed E-state index contributed by atoms with van der Waals surface area (Å²) in [6.07, 6.45) is 2.30. The minimum atomic E-state index is -0.148. The molecule has 0 radical (unpaired) electrons. The van der Waals surface area contributed by atoms with Gasteiger partial charge >= 0.3 is 0 Å². The lowest BCUT2D eigenvalue weighted by Crippen LogP contribution is -2.41. The van der Waals surface area contributed by atoms with E-state index in [0.29, 0.717) is 23.0 Å². The van der Waals surface area contributed by atoms with E-state index in [1.807, 2.05) is 0 Å². The van der Waals surface area contributed by atoms with E-state index in [9.17, 15) is 4.79 Å². The van der Waals surface area contributed by atoms with Crippen LogP contribution in [0.4, 0.5) is 0 Å². The molecule has 17 heavy (non-hydrogen) atoms. The van der Waals surface area contributed by atoms with E-state index in [1.165, 1.54) is 0 Å². The third-order valence-electron chi connectivity index (χ3n) is 2.94. The maximum atomic E-state index is 12.0. The zero-order chi connectivity index (χ0) is 12.4. The molecule has 1 unspecified atom stereocenters. The van der Waals surface area contributed by atoms with Crippen LogP contribution >= 0.6 is 27.5 Å². The number of halogens is 2. The number of amides is 1. The van der Waals surface area contributed by atoms with E-state index in [0.717, 1.165) is 17.3 Å². The number of carbonyl (C=O) groups is 1. The number of hydrogen-bond acceptors (Lipinski definition) is 2. The summed E-state index contributed by atoms with van der Waals surface area (Å²) in [5.41, 5.74) is 6.14. The van der Waals surface area contributed by atoms with Crippen molar-refractivity contribution in [1.82, 2.24) is 5.32 Å². The highest BCUT2D eigenvalue weighted by atomic mass is 79.9. The van der Waals surface area contributed by atoms with Crippen molar-refractivity contribution in [2.75, 3.05) is 6.54 Å². The standard InChI is InChI=1S/C12H14BrClN2O/c13-8-3-4-9(10(14)5-8)12(17)16-11(6-15)7-1-2-7/h3-5,7,11H,1-2,6,15H2,(H,16,17). The first-order valence-corrected chi connectivity index (χ1v) is 6.75. The lowest BCUT2D eigenvalue weighted by Gasteiger charge is -2.16. The summed E-state index contributed by atoms with van der Waals surface area (Å²) in [4.78, 5) is 12.0. The van der Waals surface area contributed by atoms with E-state index < -0.39 is 0 Å². The predicted molar refractivity (Wildman–Crippen MR) is 72.2 cm³/mol. The Labute approximate surface area is 114 Å². The van der Waals surface area contributed by atoms with Gasteiger partial charge in [0.25, 0.3) is 5.91 Å². The fourth-order valence-electron chi connectivity index (χ4n) is 1.79. The number of rotatable bonds is 4. The van der Waals surface area contributed by atoms with Crippen LogP contribution in [0.5, 0.6) is 0 Å². The highest BCUT2D eigenvalue weighted by molar-refractivity contribution is 9.10. The van der Waals surface area contributed by atoms with Gasteiger partial charge < -0.3 is 11.1 Å². The van der Waals surface area contributed by atoms with Crippen LogP contribution in [0, 0.1) is 5.92 Å². The fraction of sp³-hybridized carbons (Fsp3) is 0.417. The zero-order valence-corrected chi connectivity index (χ0v) is 11.6. The molecule has 0 heterocycles. The van der Waals surface area contributed by atoms with Gasteiger partial charge in [-0.15, -0.1) is 0 Å². The topological polar surface area (TPSA) is 55.1 Å². The van der Waals surface area contributed by atoms with E-state index in [2.05, 4.69) is 21.2 Å². The van der Waals surface area contributed by atoms with E-state index in [4.69, 9.17) is 17.3 Å². The third kappa shape index (κ3) is 3.21. The predicted octanol–water partition coefficient (Wildman–Crippen LogP) is 2.57. The molecule has 0 aromatic heterocycles. The van der Waals surface area contributed by atoms with Crippen LogP contribution in [0.25, 0.3) is 0 Å². The fourth-order valence-corrected chi connectivity index (χ4v) is 2.55. The summed E-state index contributed by atoms with van der Waals surface area (Å²) >= 11 is 9.33. The Morgan fingerprint density at radius 1 is 1.59 bits per heavy atom. The maximum Gasteiger partial charge on any atom is 0.253 e. The molecular formula is C12H14BrClN2O. The number of carbonyl (C=O) groups excluding carboxylic acids is 1. The van der Waals surface area contributed by atoms with Crippen LogP contribution < -0.4 is 11.1 Å². The third-order valence-corrected chi connectivity index (χ3v) is 3.74. The molecule has 3 nitrogen and oxygen atoms in total. The second-order valence-electron chi connectivity index (χ2n) is 4.28. The molecule has 0 aliphatic heterocycles. The van der Waals surface area contributed by atoms with Crippen molar-refractivity contribution in [3.8, 4) is 0 Å². The van der Waals surface area contributed by atoms with Crippen molar-refractivity contribution in [2.24, 2.45) is 11.7 Å². The van der Waals surface area contributed by atoms with Crippen molar-refractivity contribution in [1.29, 1.82) is 0 Å². The molecule has 1 aromatic carbocycles. The lowest BCUT2D eigenvalue weighted by molar-refractivity contribution is 0.0933. The van der Waals surface area contributed by atoms with Gasteiger partial charge in [-0.05, 0) is 37.0 Å². The molecule has 1 aliphatic carbocycles. The molecule has 1 saturated carbocycles. The van der Waals surface area contributed by atoms with Crippen LogP contribution in [-0.2, 0) is 0 Å². The zero-order valence-electron chi connectivity index (χ0n) is 9.25. The number of hydrogen-bond donors (Lipinski definition) is 2. The quantitative estimate of drug-likeness (QED) is 0.897. The molecule has 92 valence electrons. The number of benzene rings is 1. The van der Waals surface area contributed by atoms with Crippen LogP contribution in [0.2, 0.25) is 5.02 Å². The van der Waals surface area contributed by atoms with Crippen LogP contribution in [-0.4, -0.2) is 18.5 Å². The summed E-state index contributed by atoms with van der Waals surface area (Å²) in [5.74, 6) is 0.392. The minimum Gasteiger partial charge on any atom is -0.348 e. The van der Waals surface area contributed by atoms with Gasteiger partial charge in [0.15, 0.2) is 0 Å². The molecule has 0 bridgehead atoms. The van der Waals surface area contributed by atoms with Crippen LogP contribution in [0.15, 0.2) is 22.7 Å². The average molecular weight is 318 g/mol. The van der Waals surface area contributed by atoms with Crippen LogP contribution in [0.1, 0.15) is 23.2 Å². The van der Waals surface area contributed by atoms with E-state index in [-0.39, 0.29) is 11.9 Å². The van der Waals surface area contributed by atoms with Gasteiger partial charge in [0, 0.05) is 17.1 Å². The summed E-state index contributed by atoms with van der Waals surface area (Å²) in [7, 11) is 0. The van der Waals surface area contributed by atoms with E-state index >= 15 is 0 Å². The Kier molecular flexibility index (Phi) is 4.07. The number of nitrogens with two attached hydrogens (primary N) is 1. The van der Waals surface area contributed by atoms with Crippen molar-refractivity contribution >= 4 is 33.4 Å². The SMILES string of the molecule is NCC(NC(=O)c1ccc(Br)cc1Cl)C1CC1. The van der Waals surface area contributed by atoms with E-state index in [1.54, 1.807) is 18.2 Å². The molecule has 2 rings (SSSR count). The van der Waals surface area contributed by atoms with Gasteiger partial charge in [0.2, 0.25) is 0 Å². The summed E-state index contributed by atoms with van der Waals surface area (Å²) < 4.78 is 0.858. The maximum absolute atomic E-state index is 12.0. The normalized spacial score (nSPS) is 16.6. The molecule has 1 aliphatic rings. The summed E-state index contributed by atoms with van der Waals surface area (Å²) in [5, 5.41) is 3.39. The molecular weight excluding hydrogens is 304 g/mol. The molecule has 0 spiro atoms. The molecule has 3 N–H and O–H groups in total. The summed E-state index contributed by atoms with van der Waals surface area (Å²) in [6, 6.07) is 5.30. The average Bonchev–Trinajstić information content (AvgIpc) is 3.09. The Hall–Kier alpha value is -0.580. The molecule has 1 aromatic rings. The summed E-state index contributed by atoms with van der Waals surface area (Å²) in [6.45, 7) is 0.477. The second-order valence-corrected chi connectivity index (χ2v) is 5.60.